The molecular weight excluding hydrogens is 334 g/mol. The van der Waals surface area contributed by atoms with Gasteiger partial charge >= 0.3 is 0 Å². The lowest BCUT2D eigenvalue weighted by atomic mass is 10.0. The van der Waals surface area contributed by atoms with Crippen LogP contribution in [0.3, 0.4) is 0 Å². The first-order chi connectivity index (χ1) is 11.5. The quantitative estimate of drug-likeness (QED) is 0.906. The van der Waals surface area contributed by atoms with Crippen LogP contribution in [0.2, 0.25) is 0 Å². The monoisotopic (exact) mass is 361 g/mol. The number of aromatic nitrogens is 1. The zero-order chi connectivity index (χ0) is 17.3. The SMILES string of the molecule is CNC1CCN(C(=O)c2cc(C)n(-c3ccccc3C)c2C)CC1.Cl. The fraction of sp³-hybridized carbons (Fsp3) is 0.450. The molecule has 1 fully saturated rings. The summed E-state index contributed by atoms with van der Waals surface area (Å²) in [4.78, 5) is 15.0. The van der Waals surface area contributed by atoms with Gasteiger partial charge in [0.15, 0.2) is 0 Å². The Balaban J connectivity index is 0.00000225. The topological polar surface area (TPSA) is 37.3 Å². The Hall–Kier alpha value is -1.78. The van der Waals surface area contributed by atoms with Gasteiger partial charge in [-0.2, -0.15) is 0 Å². The minimum Gasteiger partial charge on any atom is -0.338 e. The van der Waals surface area contributed by atoms with E-state index in [2.05, 4.69) is 35.9 Å². The maximum Gasteiger partial charge on any atom is 0.255 e. The number of amides is 1. The number of aryl methyl sites for hydroxylation is 2. The van der Waals surface area contributed by atoms with Crippen molar-refractivity contribution in [2.45, 2.75) is 39.7 Å². The molecule has 1 aromatic carbocycles. The molecule has 1 aromatic heterocycles. The van der Waals surface area contributed by atoms with E-state index in [4.69, 9.17) is 0 Å². The first-order valence-electron chi connectivity index (χ1n) is 8.74. The van der Waals surface area contributed by atoms with E-state index >= 15 is 0 Å². The van der Waals surface area contributed by atoms with Gasteiger partial charge in [0.1, 0.15) is 0 Å². The Labute approximate surface area is 156 Å². The third-order valence-electron chi connectivity index (χ3n) is 5.21. The number of halogens is 1. The fourth-order valence-corrected chi connectivity index (χ4v) is 3.71. The van der Waals surface area contributed by atoms with E-state index in [1.54, 1.807) is 0 Å². The number of carbonyl (C=O) groups is 1. The van der Waals surface area contributed by atoms with Crippen LogP contribution in [0.1, 0.15) is 40.2 Å². The highest BCUT2D eigenvalue weighted by molar-refractivity contribution is 5.96. The van der Waals surface area contributed by atoms with Gasteiger partial charge in [-0.15, -0.1) is 12.4 Å². The van der Waals surface area contributed by atoms with Gasteiger partial charge in [0.05, 0.1) is 5.56 Å². The van der Waals surface area contributed by atoms with Crippen LogP contribution < -0.4 is 5.32 Å². The normalized spacial score (nSPS) is 15.1. The van der Waals surface area contributed by atoms with Crippen molar-refractivity contribution in [3.8, 4) is 5.69 Å². The summed E-state index contributed by atoms with van der Waals surface area (Å²) in [6.45, 7) is 7.89. The molecule has 1 amide bonds. The number of nitrogens with one attached hydrogen (secondary N) is 1. The van der Waals surface area contributed by atoms with Crippen LogP contribution in [-0.4, -0.2) is 41.6 Å². The summed E-state index contributed by atoms with van der Waals surface area (Å²) in [5, 5.41) is 3.31. The minimum absolute atomic E-state index is 0. The van der Waals surface area contributed by atoms with E-state index in [0.717, 1.165) is 48.6 Å². The van der Waals surface area contributed by atoms with Gasteiger partial charge in [0.25, 0.3) is 5.91 Å². The molecule has 0 radical (unpaired) electrons. The van der Waals surface area contributed by atoms with Gasteiger partial charge in [-0.05, 0) is 58.4 Å². The molecule has 1 aliphatic rings. The average molecular weight is 362 g/mol. The summed E-state index contributed by atoms with van der Waals surface area (Å²) in [5.41, 5.74) is 5.34. The molecule has 5 heteroatoms. The molecule has 0 saturated carbocycles. The second kappa shape index (κ2) is 8.07. The molecule has 0 atom stereocenters. The van der Waals surface area contributed by atoms with Crippen molar-refractivity contribution in [1.29, 1.82) is 0 Å². The highest BCUT2D eigenvalue weighted by atomic mass is 35.5. The van der Waals surface area contributed by atoms with Crippen LogP contribution in [0.25, 0.3) is 5.69 Å². The number of carbonyl (C=O) groups excluding carboxylic acids is 1. The van der Waals surface area contributed by atoms with E-state index in [-0.39, 0.29) is 18.3 Å². The zero-order valence-corrected chi connectivity index (χ0v) is 16.3. The Morgan fingerprint density at radius 1 is 1.12 bits per heavy atom. The molecule has 1 N–H and O–H groups in total. The maximum absolute atomic E-state index is 13.0. The van der Waals surface area contributed by atoms with Crippen molar-refractivity contribution in [1.82, 2.24) is 14.8 Å². The average Bonchev–Trinajstić information content (AvgIpc) is 2.89. The molecule has 1 saturated heterocycles. The summed E-state index contributed by atoms with van der Waals surface area (Å²) >= 11 is 0. The molecule has 0 unspecified atom stereocenters. The molecule has 136 valence electrons. The molecule has 1 aliphatic heterocycles. The molecule has 2 heterocycles. The number of para-hydroxylation sites is 1. The molecule has 3 rings (SSSR count). The largest absolute Gasteiger partial charge is 0.338 e. The third-order valence-corrected chi connectivity index (χ3v) is 5.21. The smallest absolute Gasteiger partial charge is 0.255 e. The highest BCUT2D eigenvalue weighted by Gasteiger charge is 2.26. The van der Waals surface area contributed by atoms with Crippen LogP contribution in [0.4, 0.5) is 0 Å². The van der Waals surface area contributed by atoms with Crippen molar-refractivity contribution in [2.24, 2.45) is 0 Å². The Kier molecular flexibility index (Phi) is 6.31. The van der Waals surface area contributed by atoms with Crippen LogP contribution in [-0.2, 0) is 0 Å². The van der Waals surface area contributed by atoms with E-state index in [1.165, 1.54) is 5.56 Å². The molecule has 25 heavy (non-hydrogen) atoms. The predicted octanol–water partition coefficient (Wildman–Crippen LogP) is 3.65. The van der Waals surface area contributed by atoms with Crippen molar-refractivity contribution >= 4 is 18.3 Å². The number of hydrogen-bond acceptors (Lipinski definition) is 2. The lowest BCUT2D eigenvalue weighted by Crippen LogP contribution is -2.44. The van der Waals surface area contributed by atoms with Gasteiger partial charge in [-0.3, -0.25) is 4.79 Å². The lowest BCUT2D eigenvalue weighted by Gasteiger charge is -2.31. The van der Waals surface area contributed by atoms with Crippen LogP contribution in [0, 0.1) is 20.8 Å². The summed E-state index contributed by atoms with van der Waals surface area (Å²) in [5.74, 6) is 0.164. The van der Waals surface area contributed by atoms with Gasteiger partial charge in [0.2, 0.25) is 0 Å². The summed E-state index contributed by atoms with van der Waals surface area (Å²) < 4.78 is 2.20. The molecule has 0 aliphatic carbocycles. The van der Waals surface area contributed by atoms with E-state index in [1.807, 2.05) is 37.1 Å². The molecule has 0 spiro atoms. The number of likely N-dealkylation sites (tertiary alicyclic amines) is 1. The number of piperidine rings is 1. The van der Waals surface area contributed by atoms with E-state index in [9.17, 15) is 4.79 Å². The fourth-order valence-electron chi connectivity index (χ4n) is 3.71. The second-order valence-electron chi connectivity index (χ2n) is 6.76. The van der Waals surface area contributed by atoms with Crippen molar-refractivity contribution in [3.05, 3.63) is 52.8 Å². The number of hydrogen-bond donors (Lipinski definition) is 1. The van der Waals surface area contributed by atoms with Crippen LogP contribution in [0.15, 0.2) is 30.3 Å². The second-order valence-corrected chi connectivity index (χ2v) is 6.76. The van der Waals surface area contributed by atoms with Crippen molar-refractivity contribution in [2.75, 3.05) is 20.1 Å². The van der Waals surface area contributed by atoms with Gasteiger partial charge in [-0.1, -0.05) is 18.2 Å². The standard InChI is InChI=1S/C20H27N3O.ClH/c1-14-7-5-6-8-19(14)23-15(2)13-18(16(23)3)20(24)22-11-9-17(21-4)10-12-22;/h5-8,13,17,21H,9-12H2,1-4H3;1H. The van der Waals surface area contributed by atoms with Crippen molar-refractivity contribution in [3.63, 3.8) is 0 Å². The third kappa shape index (κ3) is 3.75. The van der Waals surface area contributed by atoms with E-state index < -0.39 is 0 Å². The first kappa shape index (κ1) is 19.5. The molecule has 2 aromatic rings. The zero-order valence-electron chi connectivity index (χ0n) is 15.5. The van der Waals surface area contributed by atoms with Crippen LogP contribution >= 0.6 is 12.4 Å². The van der Waals surface area contributed by atoms with Crippen LogP contribution in [0.5, 0.6) is 0 Å². The predicted molar refractivity (Wildman–Crippen MR) is 105 cm³/mol. The van der Waals surface area contributed by atoms with Gasteiger partial charge in [-0.25, -0.2) is 0 Å². The molecule has 0 bridgehead atoms. The van der Waals surface area contributed by atoms with Gasteiger partial charge in [0, 0.05) is 36.2 Å². The maximum atomic E-state index is 13.0. The number of rotatable bonds is 3. The summed E-state index contributed by atoms with van der Waals surface area (Å²) in [6.07, 6.45) is 2.05. The Morgan fingerprint density at radius 2 is 1.76 bits per heavy atom. The van der Waals surface area contributed by atoms with E-state index in [0.29, 0.717) is 6.04 Å². The van der Waals surface area contributed by atoms with Gasteiger partial charge < -0.3 is 14.8 Å². The summed E-state index contributed by atoms with van der Waals surface area (Å²) in [7, 11) is 2.00. The minimum atomic E-state index is 0. The Bertz CT molecular complexity index is 745. The van der Waals surface area contributed by atoms with Crippen molar-refractivity contribution < 1.29 is 4.79 Å². The lowest BCUT2D eigenvalue weighted by molar-refractivity contribution is 0.0706. The molecule has 4 nitrogen and oxygen atoms in total. The number of benzene rings is 1. The summed E-state index contributed by atoms with van der Waals surface area (Å²) in [6, 6.07) is 10.9. The Morgan fingerprint density at radius 3 is 2.36 bits per heavy atom. The number of nitrogens with zero attached hydrogens (tertiary/aromatic N) is 2. The first-order valence-corrected chi connectivity index (χ1v) is 8.74. The highest BCUT2D eigenvalue weighted by Crippen LogP contribution is 2.25. The molecular formula is C20H28ClN3O.